The summed E-state index contributed by atoms with van der Waals surface area (Å²) in [6, 6.07) is 0. The lowest BCUT2D eigenvalue weighted by molar-refractivity contribution is 0.466. The van der Waals surface area contributed by atoms with Gasteiger partial charge in [-0.1, -0.05) is 6.08 Å². The van der Waals surface area contributed by atoms with Gasteiger partial charge >= 0.3 is 0 Å². The van der Waals surface area contributed by atoms with E-state index in [0.717, 1.165) is 25.7 Å². The number of rotatable bonds is 4. The predicted molar refractivity (Wildman–Crippen MR) is 56.4 cm³/mol. The maximum atomic E-state index is 12.1. The van der Waals surface area contributed by atoms with Crippen molar-refractivity contribution < 1.29 is 8.42 Å². The Hall–Kier alpha value is -0.350. The van der Waals surface area contributed by atoms with Gasteiger partial charge < -0.3 is 0 Å². The zero-order valence-corrected chi connectivity index (χ0v) is 9.17. The summed E-state index contributed by atoms with van der Waals surface area (Å²) in [6.07, 6.45) is 5.72. The highest BCUT2D eigenvalue weighted by molar-refractivity contribution is 7.89. The molecule has 1 atom stereocenters. The second-order valence-electron chi connectivity index (χ2n) is 4.19. The highest BCUT2D eigenvalue weighted by atomic mass is 32.2. The summed E-state index contributed by atoms with van der Waals surface area (Å²) in [7, 11) is -3.07. The molecule has 0 amide bonds. The summed E-state index contributed by atoms with van der Waals surface area (Å²) < 4.78 is 25.8. The SMILES string of the molecule is C=CC(C1CC1)S(=O)(=O)N1CCCC1. The Balaban J connectivity index is 2.15. The first kappa shape index (κ1) is 10.2. The lowest BCUT2D eigenvalue weighted by Crippen LogP contribution is -2.36. The molecule has 4 heteroatoms. The summed E-state index contributed by atoms with van der Waals surface area (Å²) >= 11 is 0. The molecule has 0 aromatic carbocycles. The highest BCUT2D eigenvalue weighted by Gasteiger charge is 2.41. The van der Waals surface area contributed by atoms with E-state index in [2.05, 4.69) is 6.58 Å². The van der Waals surface area contributed by atoms with E-state index in [1.54, 1.807) is 10.4 Å². The second kappa shape index (κ2) is 3.66. The Bertz CT molecular complexity index is 313. The zero-order valence-electron chi connectivity index (χ0n) is 8.35. The van der Waals surface area contributed by atoms with Crippen molar-refractivity contribution in [1.29, 1.82) is 0 Å². The normalized spacial score (nSPS) is 26.3. The zero-order chi connectivity index (χ0) is 10.2. The quantitative estimate of drug-likeness (QED) is 0.664. The van der Waals surface area contributed by atoms with Gasteiger partial charge in [-0.3, -0.25) is 0 Å². The highest BCUT2D eigenvalue weighted by Crippen LogP contribution is 2.38. The molecule has 0 spiro atoms. The first-order valence-corrected chi connectivity index (χ1v) is 6.78. The van der Waals surface area contributed by atoms with Crippen molar-refractivity contribution in [3.05, 3.63) is 12.7 Å². The average molecular weight is 215 g/mol. The third-order valence-electron chi connectivity index (χ3n) is 3.09. The van der Waals surface area contributed by atoms with Gasteiger partial charge in [-0.2, -0.15) is 0 Å². The van der Waals surface area contributed by atoms with Crippen LogP contribution in [-0.2, 0) is 10.0 Å². The molecule has 80 valence electrons. The molecule has 1 aliphatic carbocycles. The van der Waals surface area contributed by atoms with E-state index in [-0.39, 0.29) is 5.25 Å². The summed E-state index contributed by atoms with van der Waals surface area (Å²) in [6.45, 7) is 5.07. The third kappa shape index (κ3) is 1.73. The number of hydrogen-bond acceptors (Lipinski definition) is 2. The lowest BCUT2D eigenvalue weighted by atomic mass is 10.3. The minimum Gasteiger partial charge on any atom is -0.212 e. The molecule has 3 nitrogen and oxygen atoms in total. The van der Waals surface area contributed by atoms with Gasteiger partial charge in [-0.25, -0.2) is 12.7 Å². The summed E-state index contributed by atoms with van der Waals surface area (Å²) in [5.74, 6) is 0.345. The topological polar surface area (TPSA) is 37.4 Å². The van der Waals surface area contributed by atoms with Crippen LogP contribution in [0.1, 0.15) is 25.7 Å². The minimum atomic E-state index is -3.07. The van der Waals surface area contributed by atoms with Gasteiger partial charge in [0.2, 0.25) is 10.0 Å². The summed E-state index contributed by atoms with van der Waals surface area (Å²) in [5, 5.41) is -0.319. The molecule has 1 heterocycles. The van der Waals surface area contributed by atoms with Crippen LogP contribution in [-0.4, -0.2) is 31.1 Å². The van der Waals surface area contributed by atoms with Gasteiger partial charge in [0.25, 0.3) is 0 Å². The average Bonchev–Trinajstić information content (AvgIpc) is 2.82. The van der Waals surface area contributed by atoms with Crippen molar-refractivity contribution in [1.82, 2.24) is 4.31 Å². The molecular formula is C10H17NO2S. The van der Waals surface area contributed by atoms with Gasteiger partial charge in [-0.15, -0.1) is 6.58 Å². The Labute approximate surface area is 85.8 Å². The molecule has 0 bridgehead atoms. The Morgan fingerprint density at radius 3 is 2.29 bits per heavy atom. The van der Waals surface area contributed by atoms with E-state index < -0.39 is 10.0 Å². The monoisotopic (exact) mass is 215 g/mol. The first-order chi connectivity index (χ1) is 6.66. The van der Waals surface area contributed by atoms with Crippen LogP contribution in [0.4, 0.5) is 0 Å². The molecule has 14 heavy (non-hydrogen) atoms. The fourth-order valence-corrected chi connectivity index (χ4v) is 4.21. The van der Waals surface area contributed by atoms with Crippen LogP contribution in [0.25, 0.3) is 0 Å². The van der Waals surface area contributed by atoms with Gasteiger partial charge in [0.05, 0.1) is 5.25 Å². The fraction of sp³-hybridized carbons (Fsp3) is 0.800. The van der Waals surface area contributed by atoms with Crippen molar-refractivity contribution in [2.45, 2.75) is 30.9 Å². The molecule has 2 rings (SSSR count). The largest absolute Gasteiger partial charge is 0.220 e. The van der Waals surface area contributed by atoms with Crippen LogP contribution in [0.3, 0.4) is 0 Å². The van der Waals surface area contributed by atoms with E-state index in [0.29, 0.717) is 19.0 Å². The molecule has 1 unspecified atom stereocenters. The van der Waals surface area contributed by atoms with Gasteiger partial charge in [0.15, 0.2) is 0 Å². The van der Waals surface area contributed by atoms with E-state index >= 15 is 0 Å². The van der Waals surface area contributed by atoms with Crippen LogP contribution in [0.15, 0.2) is 12.7 Å². The maximum Gasteiger partial charge on any atom is 0.220 e. The molecule has 1 aliphatic heterocycles. The second-order valence-corrected chi connectivity index (χ2v) is 6.28. The Morgan fingerprint density at radius 2 is 1.86 bits per heavy atom. The molecule has 1 saturated carbocycles. The number of nitrogens with zero attached hydrogens (tertiary/aromatic N) is 1. The van der Waals surface area contributed by atoms with Crippen LogP contribution in [0.2, 0.25) is 0 Å². The van der Waals surface area contributed by atoms with Crippen LogP contribution < -0.4 is 0 Å². The number of hydrogen-bond donors (Lipinski definition) is 0. The molecule has 0 aromatic heterocycles. The molecule has 0 N–H and O–H groups in total. The van der Waals surface area contributed by atoms with E-state index in [4.69, 9.17) is 0 Å². The van der Waals surface area contributed by atoms with E-state index in [1.807, 2.05) is 0 Å². The molecule has 1 saturated heterocycles. The van der Waals surface area contributed by atoms with E-state index in [1.165, 1.54) is 0 Å². The van der Waals surface area contributed by atoms with Crippen LogP contribution in [0.5, 0.6) is 0 Å². The lowest BCUT2D eigenvalue weighted by Gasteiger charge is -2.21. The third-order valence-corrected chi connectivity index (χ3v) is 5.44. The Kier molecular flexibility index (Phi) is 2.66. The van der Waals surface area contributed by atoms with Crippen molar-refractivity contribution in [3.63, 3.8) is 0 Å². The molecule has 0 radical (unpaired) electrons. The Morgan fingerprint density at radius 1 is 1.29 bits per heavy atom. The van der Waals surface area contributed by atoms with Crippen LogP contribution >= 0.6 is 0 Å². The smallest absolute Gasteiger partial charge is 0.212 e. The van der Waals surface area contributed by atoms with Gasteiger partial charge in [0.1, 0.15) is 0 Å². The van der Waals surface area contributed by atoms with Crippen molar-refractivity contribution in [3.8, 4) is 0 Å². The molecular weight excluding hydrogens is 198 g/mol. The minimum absolute atomic E-state index is 0.319. The van der Waals surface area contributed by atoms with E-state index in [9.17, 15) is 8.42 Å². The van der Waals surface area contributed by atoms with Crippen LogP contribution in [0, 0.1) is 5.92 Å². The predicted octanol–water partition coefficient (Wildman–Crippen LogP) is 1.38. The molecule has 2 aliphatic rings. The van der Waals surface area contributed by atoms with Crippen molar-refractivity contribution >= 4 is 10.0 Å². The molecule has 2 fully saturated rings. The van der Waals surface area contributed by atoms with Gasteiger partial charge in [-0.05, 0) is 31.6 Å². The summed E-state index contributed by atoms with van der Waals surface area (Å²) in [5.41, 5.74) is 0. The standard InChI is InChI=1S/C10H17NO2S/c1-2-10(9-5-6-9)14(12,13)11-7-3-4-8-11/h2,9-10H,1,3-8H2. The number of sulfonamides is 1. The first-order valence-electron chi connectivity index (χ1n) is 5.28. The van der Waals surface area contributed by atoms with Crippen molar-refractivity contribution in [2.24, 2.45) is 5.92 Å². The molecule has 0 aromatic rings. The summed E-state index contributed by atoms with van der Waals surface area (Å²) in [4.78, 5) is 0. The van der Waals surface area contributed by atoms with Gasteiger partial charge in [0, 0.05) is 13.1 Å². The van der Waals surface area contributed by atoms with Crippen molar-refractivity contribution in [2.75, 3.05) is 13.1 Å². The maximum absolute atomic E-state index is 12.1. The fourth-order valence-electron chi connectivity index (χ4n) is 2.10.